The van der Waals surface area contributed by atoms with E-state index < -0.39 is 95.9 Å². The Hall–Kier alpha value is -3.36. The highest BCUT2D eigenvalue weighted by atomic mass is 31.3. The fourth-order valence-corrected chi connectivity index (χ4v) is 8.86. The molecule has 1 fully saturated rings. The molecule has 1 aliphatic heterocycles. The zero-order valence-corrected chi connectivity index (χ0v) is 41.6. The van der Waals surface area contributed by atoms with Crippen molar-refractivity contribution in [2.75, 3.05) is 25.6 Å². The molecule has 0 radical (unpaired) electrons. The maximum absolute atomic E-state index is 12.8. The summed E-state index contributed by atoms with van der Waals surface area (Å²) in [6, 6.07) is 1.23. The zero-order chi connectivity index (χ0) is 50.4. The first kappa shape index (κ1) is 60.8. The monoisotopic (exact) mass is 1010 g/mol. The number of rotatable bonds is 37. The molecule has 0 spiro atoms. The van der Waals surface area contributed by atoms with E-state index in [9.17, 15) is 53.7 Å². The van der Waals surface area contributed by atoms with Crippen molar-refractivity contribution in [1.82, 2.24) is 9.55 Å². The second kappa shape index (κ2) is 34.0. The van der Waals surface area contributed by atoms with Crippen LogP contribution >= 0.6 is 15.6 Å². The van der Waals surface area contributed by atoms with Gasteiger partial charge in [-0.25, -0.2) is 13.9 Å². The molecule has 9 atom stereocenters. The van der Waals surface area contributed by atoms with E-state index in [0.29, 0.717) is 18.8 Å². The van der Waals surface area contributed by atoms with Gasteiger partial charge in [0.2, 0.25) is 0 Å². The summed E-state index contributed by atoms with van der Waals surface area (Å²) in [5, 5.41) is 41.2. The summed E-state index contributed by atoms with van der Waals surface area (Å²) in [7, 11) is -10.9. The number of nitrogen functional groups attached to an aromatic ring is 1. The van der Waals surface area contributed by atoms with Crippen molar-refractivity contribution in [2.45, 2.75) is 179 Å². The Morgan fingerprint density at radius 2 is 1.44 bits per heavy atom. The van der Waals surface area contributed by atoms with E-state index in [4.69, 9.17) is 29.0 Å². The number of allylic oxidation sites excluding steroid dienone is 5. The predicted octanol–water partition coefficient (Wildman–Crippen LogP) is 6.79. The maximum Gasteiger partial charge on any atom is 0.481 e. The molecule has 388 valence electrons. The number of hydrogen-bond acceptors (Lipinski definition) is 17. The third-order valence-electron chi connectivity index (χ3n) is 10.5. The van der Waals surface area contributed by atoms with E-state index in [1.165, 1.54) is 37.8 Å². The summed E-state index contributed by atoms with van der Waals surface area (Å²) < 4.78 is 56.4. The van der Waals surface area contributed by atoms with E-state index in [1.807, 2.05) is 6.08 Å². The molecule has 2 rings (SSSR count). The molecular weight excluding hydrogens is 928 g/mol. The molecule has 20 nitrogen and oxygen atoms in total. The molecule has 2 heterocycles. The van der Waals surface area contributed by atoms with Crippen LogP contribution in [0.2, 0.25) is 0 Å². The van der Waals surface area contributed by atoms with Crippen molar-refractivity contribution in [3.63, 3.8) is 0 Å². The minimum atomic E-state index is -5.47. The van der Waals surface area contributed by atoms with Crippen molar-refractivity contribution in [1.29, 1.82) is 0 Å². The van der Waals surface area contributed by atoms with E-state index in [1.54, 1.807) is 30.4 Å². The SMILES string of the molecule is CCCCC/C=C\C[C@@H](O)/C=C/C=C/C=C\[C@@H](O)CCCC(=O)OC[C@H](COP(=O)(O)OP(=O)(O)OC[C@H]1O[C@@H](n2ccc(N)nc2=O)[C@H](O)[C@@H]1O)OC(=O)CCCCCCCCCCC(C)C. The van der Waals surface area contributed by atoms with Crippen LogP contribution in [0.4, 0.5) is 5.82 Å². The topological polar surface area (TPSA) is 306 Å². The van der Waals surface area contributed by atoms with Gasteiger partial charge in [0.05, 0.1) is 25.4 Å². The normalized spacial score (nSPS) is 20.9. The highest BCUT2D eigenvalue weighted by molar-refractivity contribution is 7.61. The van der Waals surface area contributed by atoms with Crippen LogP contribution in [-0.2, 0) is 46.3 Å². The standard InChI is InChI=1S/C46H77N3O17P2/c1-4-5-6-7-13-18-24-36(50)25-19-15-16-20-26-37(51)27-22-29-41(52)61-32-38(64-42(53)28-21-14-11-9-8-10-12-17-23-35(2)3)33-62-67(57,58)66-68(59,60)63-34-39-43(54)44(55)45(65-39)49-31-30-40(47)48-46(49)56/h13,15-16,18-20,25-26,30-31,35-39,43-45,50-51,54-55H,4-12,14,17,21-24,27-29,32-34H2,1-3H3,(H,57,58)(H,59,60)(H2,47,48,56)/b16-15+,18-13-,25-19+,26-20-/t36-,37-,38-,39-,43-,44-,45-/m1/s1. The van der Waals surface area contributed by atoms with Crippen LogP contribution in [0, 0.1) is 5.92 Å². The van der Waals surface area contributed by atoms with Crippen LogP contribution in [0.5, 0.6) is 0 Å². The number of aromatic nitrogens is 2. The van der Waals surface area contributed by atoms with Crippen LogP contribution in [0.25, 0.3) is 0 Å². The van der Waals surface area contributed by atoms with Crippen molar-refractivity contribution < 1.29 is 76.5 Å². The highest BCUT2D eigenvalue weighted by Gasteiger charge is 2.46. The average molecular weight is 1010 g/mol. The van der Waals surface area contributed by atoms with Gasteiger partial charge in [-0.3, -0.25) is 23.2 Å². The maximum atomic E-state index is 12.8. The number of hydrogen-bond donors (Lipinski definition) is 7. The summed E-state index contributed by atoms with van der Waals surface area (Å²) in [6.07, 6.45) is 20.1. The third-order valence-corrected chi connectivity index (χ3v) is 13.1. The number of carbonyl (C=O) groups is 2. The number of carbonyl (C=O) groups excluding carboxylic acids is 2. The largest absolute Gasteiger partial charge is 0.481 e. The van der Waals surface area contributed by atoms with E-state index in [0.717, 1.165) is 62.1 Å². The molecule has 0 aliphatic carbocycles. The Morgan fingerprint density at radius 1 is 0.809 bits per heavy atom. The van der Waals surface area contributed by atoms with E-state index in [-0.39, 0.29) is 31.5 Å². The van der Waals surface area contributed by atoms with Crippen LogP contribution < -0.4 is 11.4 Å². The minimum absolute atomic E-state index is 0.00436. The van der Waals surface area contributed by atoms with Gasteiger partial charge in [0.15, 0.2) is 12.3 Å². The molecule has 1 aromatic heterocycles. The number of esters is 2. The first-order valence-electron chi connectivity index (χ1n) is 23.7. The fourth-order valence-electron chi connectivity index (χ4n) is 6.75. The zero-order valence-electron chi connectivity index (χ0n) is 39.8. The average Bonchev–Trinajstić information content (AvgIpc) is 3.55. The lowest BCUT2D eigenvalue weighted by Gasteiger charge is -2.21. The Bertz CT molecular complexity index is 1880. The second-order valence-corrected chi connectivity index (χ2v) is 20.2. The molecule has 1 aliphatic rings. The summed E-state index contributed by atoms with van der Waals surface area (Å²) in [6.45, 7) is 4.05. The summed E-state index contributed by atoms with van der Waals surface area (Å²) >= 11 is 0. The highest BCUT2D eigenvalue weighted by Crippen LogP contribution is 2.60. The van der Waals surface area contributed by atoms with E-state index in [2.05, 4.69) is 36.1 Å². The fraction of sp³-hybridized carbons (Fsp3) is 0.696. The number of anilines is 1. The number of phosphoric ester groups is 2. The van der Waals surface area contributed by atoms with Gasteiger partial charge < -0.3 is 50.2 Å². The molecule has 22 heteroatoms. The molecule has 2 unspecified atom stereocenters. The number of phosphoric acid groups is 2. The molecule has 0 saturated carbocycles. The molecule has 0 amide bonds. The first-order chi connectivity index (χ1) is 32.3. The third kappa shape index (κ3) is 27.7. The molecule has 1 saturated heterocycles. The van der Waals surface area contributed by atoms with Crippen LogP contribution in [0.1, 0.15) is 143 Å². The van der Waals surface area contributed by atoms with Gasteiger partial charge in [0.25, 0.3) is 0 Å². The van der Waals surface area contributed by atoms with Crippen molar-refractivity contribution >= 4 is 33.4 Å². The van der Waals surface area contributed by atoms with Crippen LogP contribution in [0.15, 0.2) is 65.7 Å². The Kier molecular flexibility index (Phi) is 30.4. The number of nitrogens with zero attached hydrogens (tertiary/aromatic N) is 2. The van der Waals surface area contributed by atoms with Crippen molar-refractivity contribution in [3.05, 3.63) is 71.4 Å². The first-order valence-corrected chi connectivity index (χ1v) is 26.7. The van der Waals surface area contributed by atoms with Crippen molar-refractivity contribution in [3.8, 4) is 0 Å². The minimum Gasteiger partial charge on any atom is -0.462 e. The summed E-state index contributed by atoms with van der Waals surface area (Å²) in [4.78, 5) is 61.7. The lowest BCUT2D eigenvalue weighted by Crippen LogP contribution is -2.36. The number of aliphatic hydroxyl groups is 4. The molecule has 68 heavy (non-hydrogen) atoms. The van der Waals surface area contributed by atoms with Gasteiger partial charge in [0, 0.05) is 19.0 Å². The number of aliphatic hydroxyl groups excluding tert-OH is 4. The molecular formula is C46H77N3O17P2. The summed E-state index contributed by atoms with van der Waals surface area (Å²) in [5.74, 6) is -0.864. The Morgan fingerprint density at radius 3 is 2.10 bits per heavy atom. The van der Waals surface area contributed by atoms with Gasteiger partial charge in [-0.1, -0.05) is 134 Å². The number of nitrogens with two attached hydrogens (primary N) is 1. The van der Waals surface area contributed by atoms with Gasteiger partial charge in [0.1, 0.15) is 30.7 Å². The Balaban J connectivity index is 1.89. The molecule has 8 N–H and O–H groups in total. The van der Waals surface area contributed by atoms with Gasteiger partial charge in [-0.2, -0.15) is 9.29 Å². The predicted molar refractivity (Wildman–Crippen MR) is 255 cm³/mol. The lowest BCUT2D eigenvalue weighted by atomic mass is 10.0. The van der Waals surface area contributed by atoms with Gasteiger partial charge >= 0.3 is 33.3 Å². The van der Waals surface area contributed by atoms with Crippen LogP contribution in [0.3, 0.4) is 0 Å². The number of ether oxygens (including phenoxy) is 3. The number of unbranched alkanes of at least 4 members (excludes halogenated alkanes) is 10. The van der Waals surface area contributed by atoms with E-state index >= 15 is 0 Å². The molecule has 1 aromatic rings. The quantitative estimate of drug-likeness (QED) is 0.0119. The Labute approximate surface area is 400 Å². The van der Waals surface area contributed by atoms with Crippen molar-refractivity contribution in [2.24, 2.45) is 5.92 Å². The van der Waals surface area contributed by atoms with Gasteiger partial charge in [-0.05, 0) is 50.5 Å². The second-order valence-electron chi connectivity index (χ2n) is 17.1. The lowest BCUT2D eigenvalue weighted by molar-refractivity contribution is -0.161. The van der Waals surface area contributed by atoms with Gasteiger partial charge in [-0.15, -0.1) is 0 Å². The molecule has 0 aromatic carbocycles. The summed E-state index contributed by atoms with van der Waals surface area (Å²) in [5.41, 5.74) is 4.56. The van der Waals surface area contributed by atoms with Crippen LogP contribution in [-0.4, -0.2) is 108 Å². The smallest absolute Gasteiger partial charge is 0.462 e. The molecule has 0 bridgehead atoms.